The number of imidazole rings is 1. The molecule has 2 N–H and O–H groups in total. The SMILES string of the molecule is CCOCCn1c(-c2ccc(Br)cc2)cnc1N. The van der Waals surface area contributed by atoms with Crippen molar-refractivity contribution in [3.63, 3.8) is 0 Å². The summed E-state index contributed by atoms with van der Waals surface area (Å²) in [6, 6.07) is 8.09. The number of aromatic nitrogens is 2. The molecule has 0 radical (unpaired) electrons. The van der Waals surface area contributed by atoms with Crippen molar-refractivity contribution in [3.05, 3.63) is 34.9 Å². The first kappa shape index (κ1) is 13.1. The Morgan fingerprint density at radius 3 is 2.72 bits per heavy atom. The second-order valence-corrected chi connectivity index (χ2v) is 4.77. The van der Waals surface area contributed by atoms with Gasteiger partial charge in [0.25, 0.3) is 0 Å². The van der Waals surface area contributed by atoms with E-state index in [0.717, 1.165) is 15.7 Å². The molecule has 0 spiro atoms. The lowest BCUT2D eigenvalue weighted by Crippen LogP contribution is -2.10. The van der Waals surface area contributed by atoms with Gasteiger partial charge in [0.15, 0.2) is 0 Å². The van der Waals surface area contributed by atoms with Crippen LogP contribution in [0, 0.1) is 0 Å². The number of nitrogen functional groups attached to an aromatic ring is 1. The summed E-state index contributed by atoms with van der Waals surface area (Å²) in [6.45, 7) is 4.04. The van der Waals surface area contributed by atoms with Crippen LogP contribution in [0.4, 0.5) is 5.95 Å². The van der Waals surface area contributed by atoms with Gasteiger partial charge in [-0.3, -0.25) is 0 Å². The second kappa shape index (κ2) is 6.02. The normalized spacial score (nSPS) is 10.8. The summed E-state index contributed by atoms with van der Waals surface area (Å²) in [5.41, 5.74) is 7.99. The van der Waals surface area contributed by atoms with Gasteiger partial charge in [0.05, 0.1) is 18.5 Å². The van der Waals surface area contributed by atoms with E-state index in [-0.39, 0.29) is 0 Å². The van der Waals surface area contributed by atoms with Crippen LogP contribution in [0.3, 0.4) is 0 Å². The summed E-state index contributed by atoms with van der Waals surface area (Å²) >= 11 is 3.43. The molecular weight excluding hydrogens is 294 g/mol. The molecule has 0 unspecified atom stereocenters. The van der Waals surface area contributed by atoms with E-state index in [0.29, 0.717) is 25.7 Å². The number of halogens is 1. The van der Waals surface area contributed by atoms with Crippen molar-refractivity contribution < 1.29 is 4.74 Å². The molecule has 2 aromatic rings. The predicted octanol–water partition coefficient (Wildman–Crippen LogP) is 2.93. The molecule has 0 saturated heterocycles. The highest BCUT2D eigenvalue weighted by Gasteiger charge is 2.09. The van der Waals surface area contributed by atoms with Gasteiger partial charge in [0.1, 0.15) is 0 Å². The molecular formula is C13H16BrN3O. The molecule has 2 rings (SSSR count). The van der Waals surface area contributed by atoms with E-state index in [9.17, 15) is 0 Å². The van der Waals surface area contributed by atoms with Crippen molar-refractivity contribution in [1.82, 2.24) is 9.55 Å². The molecule has 1 aromatic heterocycles. The van der Waals surface area contributed by atoms with Crippen molar-refractivity contribution in [2.24, 2.45) is 0 Å². The lowest BCUT2D eigenvalue weighted by atomic mass is 10.2. The Morgan fingerprint density at radius 2 is 2.06 bits per heavy atom. The Balaban J connectivity index is 2.24. The first-order valence-corrected chi connectivity index (χ1v) is 6.66. The number of anilines is 1. The summed E-state index contributed by atoms with van der Waals surface area (Å²) in [5.74, 6) is 0.521. The van der Waals surface area contributed by atoms with Crippen molar-refractivity contribution in [2.45, 2.75) is 13.5 Å². The van der Waals surface area contributed by atoms with Crippen molar-refractivity contribution in [3.8, 4) is 11.3 Å². The quantitative estimate of drug-likeness (QED) is 0.864. The maximum atomic E-state index is 5.88. The van der Waals surface area contributed by atoms with Crippen LogP contribution in [0.5, 0.6) is 0 Å². The van der Waals surface area contributed by atoms with E-state index >= 15 is 0 Å². The zero-order chi connectivity index (χ0) is 13.0. The lowest BCUT2D eigenvalue weighted by Gasteiger charge is -2.10. The van der Waals surface area contributed by atoms with Crippen LogP contribution in [0.25, 0.3) is 11.3 Å². The minimum Gasteiger partial charge on any atom is -0.380 e. The summed E-state index contributed by atoms with van der Waals surface area (Å²) in [4.78, 5) is 4.17. The van der Waals surface area contributed by atoms with E-state index in [4.69, 9.17) is 10.5 Å². The van der Waals surface area contributed by atoms with Gasteiger partial charge < -0.3 is 15.0 Å². The van der Waals surface area contributed by atoms with Crippen LogP contribution in [0.1, 0.15) is 6.92 Å². The van der Waals surface area contributed by atoms with Crippen molar-refractivity contribution in [1.29, 1.82) is 0 Å². The molecule has 0 aliphatic heterocycles. The molecule has 1 heterocycles. The third-order valence-corrected chi connectivity index (χ3v) is 3.22. The molecule has 0 aliphatic carbocycles. The molecule has 0 bridgehead atoms. The third kappa shape index (κ3) is 2.91. The zero-order valence-corrected chi connectivity index (χ0v) is 11.9. The van der Waals surface area contributed by atoms with Crippen LogP contribution in [0.2, 0.25) is 0 Å². The van der Waals surface area contributed by atoms with E-state index in [1.54, 1.807) is 6.20 Å². The van der Waals surface area contributed by atoms with Crippen molar-refractivity contribution >= 4 is 21.9 Å². The number of rotatable bonds is 5. The fraction of sp³-hybridized carbons (Fsp3) is 0.308. The largest absolute Gasteiger partial charge is 0.380 e. The van der Waals surface area contributed by atoms with Gasteiger partial charge in [-0.2, -0.15) is 0 Å². The first-order valence-electron chi connectivity index (χ1n) is 5.87. The van der Waals surface area contributed by atoms with Crippen molar-refractivity contribution in [2.75, 3.05) is 18.9 Å². The Kier molecular flexibility index (Phi) is 4.38. The monoisotopic (exact) mass is 309 g/mol. The standard InChI is InChI=1S/C13H16BrN3O/c1-2-18-8-7-17-12(9-16-13(17)15)10-3-5-11(14)6-4-10/h3-6,9H,2,7-8H2,1H3,(H2,15,16). The van der Waals surface area contributed by atoms with Gasteiger partial charge >= 0.3 is 0 Å². The Morgan fingerprint density at radius 1 is 1.33 bits per heavy atom. The molecule has 4 nitrogen and oxygen atoms in total. The maximum Gasteiger partial charge on any atom is 0.200 e. The number of ether oxygens (including phenoxy) is 1. The maximum absolute atomic E-state index is 5.88. The molecule has 96 valence electrons. The smallest absolute Gasteiger partial charge is 0.200 e. The zero-order valence-electron chi connectivity index (χ0n) is 10.3. The average Bonchev–Trinajstić information content (AvgIpc) is 2.73. The van der Waals surface area contributed by atoms with Crippen LogP contribution in [-0.4, -0.2) is 22.8 Å². The second-order valence-electron chi connectivity index (χ2n) is 3.86. The third-order valence-electron chi connectivity index (χ3n) is 2.69. The highest BCUT2D eigenvalue weighted by Crippen LogP contribution is 2.23. The molecule has 5 heteroatoms. The van der Waals surface area contributed by atoms with Crippen LogP contribution in [0.15, 0.2) is 34.9 Å². The number of nitrogens with zero attached hydrogens (tertiary/aromatic N) is 2. The minimum absolute atomic E-state index is 0.521. The summed E-state index contributed by atoms with van der Waals surface area (Å²) < 4.78 is 8.39. The first-order chi connectivity index (χ1) is 8.72. The lowest BCUT2D eigenvalue weighted by molar-refractivity contribution is 0.139. The van der Waals surface area contributed by atoms with Gasteiger partial charge in [0.2, 0.25) is 5.95 Å². The van der Waals surface area contributed by atoms with Gasteiger partial charge in [0, 0.05) is 17.6 Å². The van der Waals surface area contributed by atoms with E-state index in [2.05, 4.69) is 20.9 Å². The summed E-state index contributed by atoms with van der Waals surface area (Å²) in [7, 11) is 0. The summed E-state index contributed by atoms with van der Waals surface area (Å²) in [5, 5.41) is 0. The molecule has 0 aliphatic rings. The number of hydrogen-bond donors (Lipinski definition) is 1. The molecule has 0 saturated carbocycles. The van der Waals surface area contributed by atoms with Crippen LogP contribution < -0.4 is 5.73 Å². The van der Waals surface area contributed by atoms with E-state index in [1.165, 1.54) is 0 Å². The van der Waals surface area contributed by atoms with Gasteiger partial charge in [-0.25, -0.2) is 4.98 Å². The van der Waals surface area contributed by atoms with Gasteiger partial charge in [-0.15, -0.1) is 0 Å². The van der Waals surface area contributed by atoms with Crippen LogP contribution in [-0.2, 0) is 11.3 Å². The highest BCUT2D eigenvalue weighted by atomic mass is 79.9. The van der Waals surface area contributed by atoms with Gasteiger partial charge in [-0.05, 0) is 24.6 Å². The van der Waals surface area contributed by atoms with Crippen LogP contribution >= 0.6 is 15.9 Å². The van der Waals surface area contributed by atoms with E-state index in [1.807, 2.05) is 35.8 Å². The summed E-state index contributed by atoms with van der Waals surface area (Å²) in [6.07, 6.45) is 1.80. The number of benzene rings is 1. The molecule has 0 fully saturated rings. The van der Waals surface area contributed by atoms with E-state index < -0.39 is 0 Å². The molecule has 1 aromatic carbocycles. The minimum atomic E-state index is 0.521. The number of hydrogen-bond acceptors (Lipinski definition) is 3. The Labute approximate surface area is 115 Å². The van der Waals surface area contributed by atoms with Gasteiger partial charge in [-0.1, -0.05) is 28.1 Å². The predicted molar refractivity (Wildman–Crippen MR) is 76.3 cm³/mol. The Hall–Kier alpha value is -1.33. The topological polar surface area (TPSA) is 53.1 Å². The molecule has 0 atom stereocenters. The fourth-order valence-electron chi connectivity index (χ4n) is 1.78. The highest BCUT2D eigenvalue weighted by molar-refractivity contribution is 9.10. The average molecular weight is 310 g/mol. The Bertz CT molecular complexity index is 507. The molecule has 18 heavy (non-hydrogen) atoms. The fourth-order valence-corrected chi connectivity index (χ4v) is 2.04. The molecule has 0 amide bonds. The number of nitrogens with two attached hydrogens (primary N) is 1.